The van der Waals surface area contributed by atoms with Crippen molar-refractivity contribution in [2.45, 2.75) is 27.2 Å². The van der Waals surface area contributed by atoms with Crippen molar-refractivity contribution in [1.82, 2.24) is 4.90 Å². The SMILES string of the molecule is CCc1ccc(C(=O)Nc2ccc(OC)c(OCCN(CC)CC)c2)cc1. The predicted molar refractivity (Wildman–Crippen MR) is 110 cm³/mol. The van der Waals surface area contributed by atoms with E-state index in [-0.39, 0.29) is 5.91 Å². The van der Waals surface area contributed by atoms with Crippen LogP contribution >= 0.6 is 0 Å². The van der Waals surface area contributed by atoms with Crippen molar-refractivity contribution < 1.29 is 14.3 Å². The normalized spacial score (nSPS) is 10.7. The van der Waals surface area contributed by atoms with Crippen molar-refractivity contribution in [3.63, 3.8) is 0 Å². The molecule has 0 saturated carbocycles. The Labute approximate surface area is 162 Å². The second-order valence-electron chi connectivity index (χ2n) is 6.25. The molecule has 0 fully saturated rings. The van der Waals surface area contributed by atoms with Crippen molar-refractivity contribution in [1.29, 1.82) is 0 Å². The number of anilines is 1. The van der Waals surface area contributed by atoms with Gasteiger partial charge in [-0.25, -0.2) is 0 Å². The van der Waals surface area contributed by atoms with Crippen LogP contribution in [-0.2, 0) is 6.42 Å². The fourth-order valence-corrected chi connectivity index (χ4v) is 2.79. The van der Waals surface area contributed by atoms with Crippen LogP contribution in [0.2, 0.25) is 0 Å². The number of benzene rings is 2. The summed E-state index contributed by atoms with van der Waals surface area (Å²) in [4.78, 5) is 14.8. The molecule has 146 valence electrons. The molecule has 0 aliphatic carbocycles. The van der Waals surface area contributed by atoms with Crippen molar-refractivity contribution >= 4 is 11.6 Å². The minimum Gasteiger partial charge on any atom is -0.493 e. The molecule has 1 amide bonds. The Morgan fingerprint density at radius 2 is 1.70 bits per heavy atom. The molecule has 0 aromatic heterocycles. The summed E-state index contributed by atoms with van der Waals surface area (Å²) in [6.07, 6.45) is 0.953. The zero-order chi connectivity index (χ0) is 19.6. The maximum absolute atomic E-state index is 12.5. The van der Waals surface area contributed by atoms with E-state index in [9.17, 15) is 4.79 Å². The lowest BCUT2D eigenvalue weighted by molar-refractivity contribution is 0.102. The fourth-order valence-electron chi connectivity index (χ4n) is 2.79. The third-order valence-electron chi connectivity index (χ3n) is 4.61. The smallest absolute Gasteiger partial charge is 0.255 e. The maximum Gasteiger partial charge on any atom is 0.255 e. The Hall–Kier alpha value is -2.53. The van der Waals surface area contributed by atoms with Gasteiger partial charge in [-0.1, -0.05) is 32.9 Å². The number of likely N-dealkylation sites (N-methyl/N-ethyl adjacent to an activating group) is 1. The number of nitrogens with zero attached hydrogens (tertiary/aromatic N) is 1. The van der Waals surface area contributed by atoms with E-state index in [1.54, 1.807) is 13.2 Å². The van der Waals surface area contributed by atoms with Crippen LogP contribution in [0.25, 0.3) is 0 Å². The van der Waals surface area contributed by atoms with Crippen LogP contribution < -0.4 is 14.8 Å². The summed E-state index contributed by atoms with van der Waals surface area (Å²) in [6.45, 7) is 9.74. The van der Waals surface area contributed by atoms with Crippen molar-refractivity contribution in [2.75, 3.05) is 38.7 Å². The highest BCUT2D eigenvalue weighted by molar-refractivity contribution is 6.04. The highest BCUT2D eigenvalue weighted by Crippen LogP contribution is 2.30. The van der Waals surface area contributed by atoms with Gasteiger partial charge in [-0.3, -0.25) is 4.79 Å². The molecule has 0 aliphatic rings. The summed E-state index contributed by atoms with van der Waals surface area (Å²) in [5, 5.41) is 2.92. The molecule has 5 nitrogen and oxygen atoms in total. The molecule has 0 spiro atoms. The summed E-state index contributed by atoms with van der Waals surface area (Å²) in [6, 6.07) is 13.1. The highest BCUT2D eigenvalue weighted by atomic mass is 16.5. The van der Waals surface area contributed by atoms with Gasteiger partial charge in [0.05, 0.1) is 7.11 Å². The zero-order valence-corrected chi connectivity index (χ0v) is 16.7. The first-order chi connectivity index (χ1) is 13.1. The number of ether oxygens (including phenoxy) is 2. The third kappa shape index (κ3) is 6.00. The number of methoxy groups -OCH3 is 1. The average molecular weight is 370 g/mol. The Balaban J connectivity index is 2.05. The third-order valence-corrected chi connectivity index (χ3v) is 4.61. The summed E-state index contributed by atoms with van der Waals surface area (Å²) in [5.74, 6) is 1.14. The Bertz CT molecular complexity index is 725. The summed E-state index contributed by atoms with van der Waals surface area (Å²) >= 11 is 0. The van der Waals surface area contributed by atoms with Gasteiger partial charge in [0.1, 0.15) is 6.61 Å². The van der Waals surface area contributed by atoms with E-state index in [0.29, 0.717) is 29.4 Å². The molecule has 0 heterocycles. The minimum atomic E-state index is -0.142. The van der Waals surface area contributed by atoms with Crippen LogP contribution in [0, 0.1) is 0 Å². The van der Waals surface area contributed by atoms with Gasteiger partial charge in [0, 0.05) is 23.9 Å². The van der Waals surface area contributed by atoms with Crippen LogP contribution in [-0.4, -0.2) is 44.2 Å². The van der Waals surface area contributed by atoms with Gasteiger partial charge in [0.15, 0.2) is 11.5 Å². The lowest BCUT2D eigenvalue weighted by Gasteiger charge is -2.19. The molecular formula is C22H30N2O3. The first kappa shape index (κ1) is 20.8. The summed E-state index contributed by atoms with van der Waals surface area (Å²) in [7, 11) is 1.61. The largest absolute Gasteiger partial charge is 0.493 e. The molecule has 0 atom stereocenters. The number of amides is 1. The quantitative estimate of drug-likeness (QED) is 0.680. The number of nitrogens with one attached hydrogen (secondary N) is 1. The zero-order valence-electron chi connectivity index (χ0n) is 16.7. The van der Waals surface area contributed by atoms with Gasteiger partial charge in [-0.05, 0) is 49.3 Å². The van der Waals surface area contributed by atoms with Crippen molar-refractivity contribution in [3.05, 3.63) is 53.6 Å². The summed E-state index contributed by atoms with van der Waals surface area (Å²) in [5.41, 5.74) is 2.52. The van der Waals surface area contributed by atoms with Crippen molar-refractivity contribution in [2.24, 2.45) is 0 Å². The average Bonchev–Trinajstić information content (AvgIpc) is 2.71. The van der Waals surface area contributed by atoms with Crippen LogP contribution in [0.4, 0.5) is 5.69 Å². The number of carbonyl (C=O) groups is 1. The minimum absolute atomic E-state index is 0.142. The number of hydrogen-bond donors (Lipinski definition) is 1. The maximum atomic E-state index is 12.5. The van der Waals surface area contributed by atoms with Gasteiger partial charge in [-0.15, -0.1) is 0 Å². The second-order valence-corrected chi connectivity index (χ2v) is 6.25. The first-order valence-electron chi connectivity index (χ1n) is 9.54. The lowest BCUT2D eigenvalue weighted by Crippen LogP contribution is -2.28. The molecular weight excluding hydrogens is 340 g/mol. The van der Waals surface area contributed by atoms with E-state index in [4.69, 9.17) is 9.47 Å². The predicted octanol–water partition coefficient (Wildman–Crippen LogP) is 4.23. The molecule has 5 heteroatoms. The van der Waals surface area contributed by atoms with E-state index in [2.05, 4.69) is 31.0 Å². The fraction of sp³-hybridized carbons (Fsp3) is 0.409. The van der Waals surface area contributed by atoms with E-state index in [0.717, 1.165) is 26.1 Å². The van der Waals surface area contributed by atoms with E-state index < -0.39 is 0 Å². The molecule has 2 rings (SSSR count). The lowest BCUT2D eigenvalue weighted by atomic mass is 10.1. The first-order valence-corrected chi connectivity index (χ1v) is 9.54. The molecule has 2 aromatic rings. The molecule has 0 unspecified atom stereocenters. The molecule has 0 aliphatic heterocycles. The molecule has 1 N–H and O–H groups in total. The van der Waals surface area contributed by atoms with Gasteiger partial charge < -0.3 is 19.7 Å². The number of rotatable bonds is 10. The Morgan fingerprint density at radius 3 is 2.30 bits per heavy atom. The van der Waals surface area contributed by atoms with E-state index in [1.165, 1.54) is 5.56 Å². The topological polar surface area (TPSA) is 50.8 Å². The van der Waals surface area contributed by atoms with Crippen LogP contribution in [0.3, 0.4) is 0 Å². The second kappa shape index (κ2) is 10.6. The van der Waals surface area contributed by atoms with Gasteiger partial charge in [0.25, 0.3) is 5.91 Å². The molecule has 0 saturated heterocycles. The van der Waals surface area contributed by atoms with Gasteiger partial charge in [-0.2, -0.15) is 0 Å². The summed E-state index contributed by atoms with van der Waals surface area (Å²) < 4.78 is 11.3. The number of carbonyl (C=O) groups excluding carboxylic acids is 1. The molecule has 2 aromatic carbocycles. The van der Waals surface area contributed by atoms with Gasteiger partial charge in [0.2, 0.25) is 0 Å². The molecule has 0 radical (unpaired) electrons. The van der Waals surface area contributed by atoms with Crippen LogP contribution in [0.1, 0.15) is 36.7 Å². The molecule has 0 bridgehead atoms. The van der Waals surface area contributed by atoms with E-state index in [1.807, 2.05) is 36.4 Å². The molecule has 27 heavy (non-hydrogen) atoms. The van der Waals surface area contributed by atoms with Crippen molar-refractivity contribution in [3.8, 4) is 11.5 Å². The monoisotopic (exact) mass is 370 g/mol. The Kier molecular flexibility index (Phi) is 8.14. The number of hydrogen-bond acceptors (Lipinski definition) is 4. The highest BCUT2D eigenvalue weighted by Gasteiger charge is 2.10. The van der Waals surface area contributed by atoms with Gasteiger partial charge >= 0.3 is 0 Å². The Morgan fingerprint density at radius 1 is 1.00 bits per heavy atom. The standard InChI is InChI=1S/C22H30N2O3/c1-5-17-8-10-18(11-9-17)22(25)23-19-12-13-20(26-4)21(16-19)27-15-14-24(6-2)7-3/h8-13,16H,5-7,14-15H2,1-4H3,(H,23,25). The number of aryl methyl sites for hydroxylation is 1. The van der Waals surface area contributed by atoms with Crippen LogP contribution in [0.15, 0.2) is 42.5 Å². The van der Waals surface area contributed by atoms with Crippen LogP contribution in [0.5, 0.6) is 11.5 Å². The van der Waals surface area contributed by atoms with E-state index >= 15 is 0 Å².